The van der Waals surface area contributed by atoms with Crippen molar-refractivity contribution >= 4 is 23.4 Å². The molecule has 1 aromatic carbocycles. The van der Waals surface area contributed by atoms with Crippen LogP contribution in [0.4, 0.5) is 16.2 Å². The van der Waals surface area contributed by atoms with E-state index in [4.69, 9.17) is 9.57 Å². The second-order valence-electron chi connectivity index (χ2n) is 6.24. The van der Waals surface area contributed by atoms with E-state index in [0.717, 1.165) is 31.0 Å². The summed E-state index contributed by atoms with van der Waals surface area (Å²) in [6.07, 6.45) is -0.706. The van der Waals surface area contributed by atoms with E-state index >= 15 is 0 Å². The van der Waals surface area contributed by atoms with Crippen LogP contribution in [-0.4, -0.2) is 69.5 Å². The molecule has 144 valence electrons. The molecule has 0 radical (unpaired) electrons. The Morgan fingerprint density at radius 1 is 1.19 bits per heavy atom. The van der Waals surface area contributed by atoms with Gasteiger partial charge in [0.05, 0.1) is 19.7 Å². The predicted molar refractivity (Wildman–Crippen MR) is 100 cm³/mol. The molecule has 2 aliphatic rings. The first kappa shape index (κ1) is 20.0. The van der Waals surface area contributed by atoms with Crippen molar-refractivity contribution in [3.05, 3.63) is 24.3 Å². The number of amides is 2. The van der Waals surface area contributed by atoms with Crippen LogP contribution in [0, 0.1) is 0 Å². The molecule has 2 fully saturated rings. The van der Waals surface area contributed by atoms with Gasteiger partial charge in [-0.2, -0.15) is 5.06 Å². The number of hydrogen-bond acceptors (Lipinski definition) is 6. The van der Waals surface area contributed by atoms with Crippen molar-refractivity contribution in [3.63, 3.8) is 0 Å². The van der Waals surface area contributed by atoms with Gasteiger partial charge in [0.15, 0.2) is 0 Å². The molecule has 2 saturated heterocycles. The number of anilines is 2. The molecule has 0 saturated carbocycles. The number of carbonyl (C=O) groups is 2. The molecule has 2 amide bonds. The van der Waals surface area contributed by atoms with Gasteiger partial charge in [0.1, 0.15) is 6.10 Å². The van der Waals surface area contributed by atoms with Crippen molar-refractivity contribution in [2.45, 2.75) is 20.5 Å². The third kappa shape index (κ3) is 4.86. The lowest BCUT2D eigenvalue weighted by Gasteiger charge is -2.22. The van der Waals surface area contributed by atoms with E-state index in [1.165, 1.54) is 6.92 Å². The Balaban J connectivity index is 0.00000243. The number of likely N-dealkylation sites (N-methyl/N-ethyl adjacent to an activating group) is 1. The highest BCUT2D eigenvalue weighted by Gasteiger charge is 2.32. The van der Waals surface area contributed by atoms with E-state index in [-0.39, 0.29) is 25.5 Å². The van der Waals surface area contributed by atoms with Gasteiger partial charge < -0.3 is 15.0 Å². The quantitative estimate of drug-likeness (QED) is 0.872. The molecule has 1 N–H and O–H groups in total. The maximum Gasteiger partial charge on any atom is 0.414 e. The number of hydrogen-bond donors (Lipinski definition) is 1. The number of nitrogens with one attached hydrogen (secondary N) is 1. The molecule has 1 atom stereocenters. The monoisotopic (exact) mass is 364 g/mol. The summed E-state index contributed by atoms with van der Waals surface area (Å²) in [4.78, 5) is 32.4. The molecule has 2 heterocycles. The first-order valence-electron chi connectivity index (χ1n) is 8.44. The number of cyclic esters (lactones) is 1. The predicted octanol–water partition coefficient (Wildman–Crippen LogP) is 1.47. The lowest BCUT2D eigenvalue weighted by molar-refractivity contribution is -0.126. The summed E-state index contributed by atoms with van der Waals surface area (Å²) in [7, 11) is 1.93. The van der Waals surface area contributed by atoms with Crippen molar-refractivity contribution in [2.75, 3.05) is 56.2 Å². The second kappa shape index (κ2) is 8.86. The highest BCUT2D eigenvalue weighted by molar-refractivity contribution is 5.90. The third-order valence-corrected chi connectivity index (χ3v) is 4.34. The van der Waals surface area contributed by atoms with Gasteiger partial charge in [-0.05, 0) is 24.3 Å². The second-order valence-corrected chi connectivity index (χ2v) is 6.24. The van der Waals surface area contributed by atoms with Gasteiger partial charge in [-0.3, -0.25) is 14.5 Å². The molecule has 0 bridgehead atoms. The van der Waals surface area contributed by atoms with Crippen molar-refractivity contribution in [1.29, 1.82) is 0 Å². The van der Waals surface area contributed by atoms with Gasteiger partial charge in [-0.25, -0.2) is 4.79 Å². The maximum atomic E-state index is 12.1. The Morgan fingerprint density at radius 2 is 1.88 bits per heavy atom. The zero-order chi connectivity index (χ0) is 17.8. The summed E-state index contributed by atoms with van der Waals surface area (Å²) >= 11 is 0. The number of hydroxylamine groups is 2. The summed E-state index contributed by atoms with van der Waals surface area (Å²) in [6.45, 7) is 5.41. The number of benzene rings is 1. The topological polar surface area (TPSA) is 74.4 Å². The first-order chi connectivity index (χ1) is 12.0. The fourth-order valence-electron chi connectivity index (χ4n) is 2.94. The minimum absolute atomic E-state index is 0. The maximum absolute atomic E-state index is 12.1. The summed E-state index contributed by atoms with van der Waals surface area (Å²) in [5.41, 5.74) is 1.90. The number of ether oxygens (including phenoxy) is 1. The van der Waals surface area contributed by atoms with Crippen LogP contribution in [0.25, 0.3) is 0 Å². The normalized spacial score (nSPS) is 21.0. The molecule has 0 aliphatic carbocycles. The van der Waals surface area contributed by atoms with E-state index in [2.05, 4.69) is 10.2 Å². The van der Waals surface area contributed by atoms with Crippen molar-refractivity contribution in [1.82, 2.24) is 10.4 Å². The molecule has 8 heteroatoms. The van der Waals surface area contributed by atoms with Crippen molar-refractivity contribution in [3.8, 4) is 0 Å². The van der Waals surface area contributed by atoms with Gasteiger partial charge in [-0.15, -0.1) is 0 Å². The van der Waals surface area contributed by atoms with E-state index in [1.807, 2.05) is 36.4 Å². The van der Waals surface area contributed by atoms with Crippen LogP contribution in [0.2, 0.25) is 0 Å². The lowest BCUT2D eigenvalue weighted by Crippen LogP contribution is -2.33. The van der Waals surface area contributed by atoms with Crippen molar-refractivity contribution in [2.24, 2.45) is 0 Å². The Labute approximate surface area is 154 Å². The average Bonchev–Trinajstić information content (AvgIpc) is 2.82. The molecule has 0 unspecified atom stereocenters. The third-order valence-electron chi connectivity index (χ3n) is 4.34. The molecule has 2 aliphatic heterocycles. The average molecular weight is 364 g/mol. The number of carbonyl (C=O) groups excluding carboxylic acids is 2. The molecule has 0 spiro atoms. The minimum Gasteiger partial charge on any atom is -0.442 e. The minimum atomic E-state index is -0.382. The Kier molecular flexibility index (Phi) is 6.82. The van der Waals surface area contributed by atoms with Gasteiger partial charge in [0.2, 0.25) is 5.91 Å². The van der Waals surface area contributed by atoms with E-state index in [1.54, 1.807) is 4.90 Å². The van der Waals surface area contributed by atoms with Crippen molar-refractivity contribution < 1.29 is 19.2 Å². The van der Waals surface area contributed by atoms with Crippen LogP contribution in [0.5, 0.6) is 0 Å². The van der Waals surface area contributed by atoms with Crippen LogP contribution >= 0.6 is 0 Å². The first-order valence-corrected chi connectivity index (χ1v) is 8.44. The molecule has 26 heavy (non-hydrogen) atoms. The molecule has 3 rings (SSSR count). The largest absolute Gasteiger partial charge is 0.442 e. The highest BCUT2D eigenvalue weighted by atomic mass is 16.7. The SMILES string of the molecule is C.CC(=O)NC[C@H]1CN(c2ccc(N3CCON(C)CC3)cc2)C(=O)O1. The molecule has 1 aromatic rings. The van der Waals surface area contributed by atoms with Crippen LogP contribution in [0.1, 0.15) is 14.4 Å². The smallest absolute Gasteiger partial charge is 0.414 e. The standard InChI is InChI=1S/C17H24N4O4.CH4/c1-13(22)18-11-16-12-21(17(23)25-16)15-5-3-14(4-6-15)20-8-7-19(2)24-10-9-20;/h3-6,16H,7-12H2,1-2H3,(H,18,22);1H4/t16-;/m0./s1. The van der Waals surface area contributed by atoms with Crippen LogP contribution in [0.3, 0.4) is 0 Å². The van der Waals surface area contributed by atoms with Crippen LogP contribution in [0.15, 0.2) is 24.3 Å². The Morgan fingerprint density at radius 3 is 2.58 bits per heavy atom. The van der Waals surface area contributed by atoms with Gasteiger partial charge in [-0.1, -0.05) is 7.43 Å². The fraction of sp³-hybridized carbons (Fsp3) is 0.556. The number of rotatable bonds is 4. The molecule has 0 aromatic heterocycles. The zero-order valence-electron chi connectivity index (χ0n) is 14.6. The Bertz CT molecular complexity index is 622. The van der Waals surface area contributed by atoms with Crippen LogP contribution < -0.4 is 15.1 Å². The molecule has 8 nitrogen and oxygen atoms in total. The fourth-order valence-corrected chi connectivity index (χ4v) is 2.94. The summed E-state index contributed by atoms with van der Waals surface area (Å²) in [5.74, 6) is -0.133. The lowest BCUT2D eigenvalue weighted by atomic mass is 10.2. The van der Waals surface area contributed by atoms with E-state index in [9.17, 15) is 9.59 Å². The van der Waals surface area contributed by atoms with Gasteiger partial charge in [0.25, 0.3) is 0 Å². The summed E-state index contributed by atoms with van der Waals surface area (Å²) < 4.78 is 5.29. The van der Waals surface area contributed by atoms with E-state index < -0.39 is 0 Å². The van der Waals surface area contributed by atoms with Gasteiger partial charge in [0, 0.05) is 45.0 Å². The van der Waals surface area contributed by atoms with E-state index in [0.29, 0.717) is 19.7 Å². The number of nitrogens with zero attached hydrogens (tertiary/aromatic N) is 3. The summed E-state index contributed by atoms with van der Waals surface area (Å²) in [6, 6.07) is 7.86. The Hall–Kier alpha value is -2.32. The highest BCUT2D eigenvalue weighted by Crippen LogP contribution is 2.25. The van der Waals surface area contributed by atoms with Crippen LogP contribution in [-0.2, 0) is 14.4 Å². The van der Waals surface area contributed by atoms with Gasteiger partial charge >= 0.3 is 6.09 Å². The molecular weight excluding hydrogens is 336 g/mol. The molecular formula is C18H28N4O4. The zero-order valence-corrected chi connectivity index (χ0v) is 14.6. The summed E-state index contributed by atoms with van der Waals surface area (Å²) in [5, 5.41) is 4.53.